The summed E-state index contributed by atoms with van der Waals surface area (Å²) in [5.41, 5.74) is 0. The van der Waals surface area contributed by atoms with Crippen LogP contribution in [0.1, 0.15) is 33.1 Å². The molecule has 21 heavy (non-hydrogen) atoms. The Balaban J connectivity index is 1.74. The van der Waals surface area contributed by atoms with E-state index < -0.39 is 10.2 Å². The van der Waals surface area contributed by atoms with Crippen molar-refractivity contribution in [2.75, 3.05) is 46.3 Å². The van der Waals surface area contributed by atoms with Crippen LogP contribution in [0, 0.1) is 0 Å². The molecule has 0 bridgehead atoms. The molecule has 1 aliphatic heterocycles. The Kier molecular flexibility index (Phi) is 6.02. The van der Waals surface area contributed by atoms with Crippen LogP contribution in [0.15, 0.2) is 0 Å². The van der Waals surface area contributed by atoms with Gasteiger partial charge in [0.2, 0.25) is 0 Å². The van der Waals surface area contributed by atoms with Gasteiger partial charge in [-0.05, 0) is 25.8 Å². The number of nitrogens with one attached hydrogen (secondary N) is 1. The lowest BCUT2D eigenvalue weighted by Crippen LogP contribution is -2.52. The second-order valence-electron chi connectivity index (χ2n) is 6.46. The van der Waals surface area contributed by atoms with Gasteiger partial charge in [0.15, 0.2) is 0 Å². The van der Waals surface area contributed by atoms with Gasteiger partial charge in [-0.2, -0.15) is 17.0 Å². The van der Waals surface area contributed by atoms with E-state index in [4.69, 9.17) is 0 Å². The van der Waals surface area contributed by atoms with Gasteiger partial charge in [-0.15, -0.1) is 0 Å². The maximum Gasteiger partial charge on any atom is 0.281 e. The van der Waals surface area contributed by atoms with Crippen LogP contribution in [-0.4, -0.2) is 80.3 Å². The van der Waals surface area contributed by atoms with Crippen molar-refractivity contribution in [3.8, 4) is 0 Å². The third kappa shape index (κ3) is 4.89. The molecule has 2 rings (SSSR count). The zero-order valence-corrected chi connectivity index (χ0v) is 14.4. The fourth-order valence-electron chi connectivity index (χ4n) is 2.74. The Hall–Kier alpha value is -0.210. The zero-order chi connectivity index (χ0) is 15.5. The van der Waals surface area contributed by atoms with Crippen LogP contribution < -0.4 is 5.32 Å². The van der Waals surface area contributed by atoms with E-state index in [9.17, 15) is 8.42 Å². The molecule has 1 aliphatic carbocycles. The molecule has 2 fully saturated rings. The molecule has 1 saturated carbocycles. The molecule has 0 atom stereocenters. The van der Waals surface area contributed by atoms with Gasteiger partial charge in [-0.25, -0.2) is 0 Å². The molecule has 1 heterocycles. The van der Waals surface area contributed by atoms with E-state index in [0.29, 0.717) is 25.7 Å². The van der Waals surface area contributed by atoms with Gasteiger partial charge in [0, 0.05) is 51.9 Å². The Bertz CT molecular complexity index is 415. The summed E-state index contributed by atoms with van der Waals surface area (Å²) in [5.74, 6) is 0. The number of nitrogens with zero attached hydrogens (tertiary/aromatic N) is 3. The fourth-order valence-corrected chi connectivity index (χ4v) is 4.12. The third-order valence-electron chi connectivity index (χ3n) is 4.26. The van der Waals surface area contributed by atoms with Crippen LogP contribution in [0.3, 0.4) is 0 Å². The van der Waals surface area contributed by atoms with Crippen molar-refractivity contribution in [3.63, 3.8) is 0 Å². The molecule has 0 unspecified atom stereocenters. The molecule has 1 N–H and O–H groups in total. The predicted molar refractivity (Wildman–Crippen MR) is 85.5 cm³/mol. The topological polar surface area (TPSA) is 55.9 Å². The highest BCUT2D eigenvalue weighted by atomic mass is 32.2. The van der Waals surface area contributed by atoms with Crippen molar-refractivity contribution < 1.29 is 8.42 Å². The molecule has 0 amide bonds. The molecule has 6 nitrogen and oxygen atoms in total. The van der Waals surface area contributed by atoms with E-state index in [0.717, 1.165) is 32.1 Å². The molecule has 7 heteroatoms. The smallest absolute Gasteiger partial charge is 0.281 e. The fraction of sp³-hybridized carbons (Fsp3) is 1.00. The normalized spacial score (nSPS) is 22.3. The maximum absolute atomic E-state index is 12.5. The number of rotatable bonds is 8. The van der Waals surface area contributed by atoms with E-state index in [1.807, 2.05) is 0 Å². The molecule has 0 aromatic rings. The first kappa shape index (κ1) is 17.1. The van der Waals surface area contributed by atoms with Crippen LogP contribution in [0.5, 0.6) is 0 Å². The Morgan fingerprint density at radius 2 is 1.81 bits per heavy atom. The molecule has 2 aliphatic rings. The van der Waals surface area contributed by atoms with E-state index in [1.54, 1.807) is 11.4 Å². The SMILES string of the molecule is CC(C)NCCCN(C)S(=O)(=O)N1CCN(C2CC2)CC1. The van der Waals surface area contributed by atoms with Gasteiger partial charge < -0.3 is 5.32 Å². The second-order valence-corrected chi connectivity index (χ2v) is 8.49. The lowest BCUT2D eigenvalue weighted by atomic mass is 10.3. The summed E-state index contributed by atoms with van der Waals surface area (Å²) >= 11 is 0. The van der Waals surface area contributed by atoms with Crippen molar-refractivity contribution in [3.05, 3.63) is 0 Å². The molecule has 0 aromatic heterocycles. The Morgan fingerprint density at radius 1 is 1.19 bits per heavy atom. The first-order valence-electron chi connectivity index (χ1n) is 8.10. The number of hydrogen-bond acceptors (Lipinski definition) is 4. The summed E-state index contributed by atoms with van der Waals surface area (Å²) in [5, 5.41) is 3.32. The van der Waals surface area contributed by atoms with E-state index in [2.05, 4.69) is 24.1 Å². The van der Waals surface area contributed by atoms with Gasteiger partial charge in [0.25, 0.3) is 10.2 Å². The summed E-state index contributed by atoms with van der Waals surface area (Å²) in [4.78, 5) is 2.43. The van der Waals surface area contributed by atoms with Gasteiger partial charge >= 0.3 is 0 Å². The van der Waals surface area contributed by atoms with Crippen LogP contribution in [-0.2, 0) is 10.2 Å². The minimum absolute atomic E-state index is 0.447. The summed E-state index contributed by atoms with van der Waals surface area (Å²) in [7, 11) is -1.59. The molecule has 1 saturated heterocycles. The van der Waals surface area contributed by atoms with Crippen molar-refractivity contribution >= 4 is 10.2 Å². The first-order valence-corrected chi connectivity index (χ1v) is 9.50. The predicted octanol–water partition coefficient (Wildman–Crippen LogP) is 0.331. The highest BCUT2D eigenvalue weighted by molar-refractivity contribution is 7.86. The average molecular weight is 318 g/mol. The number of hydrogen-bond donors (Lipinski definition) is 1. The number of piperazine rings is 1. The van der Waals surface area contributed by atoms with Crippen LogP contribution in [0.2, 0.25) is 0 Å². The summed E-state index contributed by atoms with van der Waals surface area (Å²) < 4.78 is 28.2. The minimum Gasteiger partial charge on any atom is -0.314 e. The van der Waals surface area contributed by atoms with Crippen LogP contribution in [0.4, 0.5) is 0 Å². The summed E-state index contributed by atoms with van der Waals surface area (Å²) in [6.45, 7) is 8.65. The largest absolute Gasteiger partial charge is 0.314 e. The van der Waals surface area contributed by atoms with Crippen molar-refractivity contribution in [2.24, 2.45) is 0 Å². The average Bonchev–Trinajstić information content (AvgIpc) is 3.27. The molecular weight excluding hydrogens is 288 g/mol. The maximum atomic E-state index is 12.5. The van der Waals surface area contributed by atoms with Crippen LogP contribution in [0.25, 0.3) is 0 Å². The van der Waals surface area contributed by atoms with E-state index in [1.165, 1.54) is 17.1 Å². The molecule has 0 radical (unpaired) electrons. The second kappa shape index (κ2) is 7.37. The first-order chi connectivity index (χ1) is 9.91. The zero-order valence-electron chi connectivity index (χ0n) is 13.6. The van der Waals surface area contributed by atoms with Crippen molar-refractivity contribution in [2.45, 2.75) is 45.2 Å². The lowest BCUT2D eigenvalue weighted by Gasteiger charge is -2.35. The van der Waals surface area contributed by atoms with Gasteiger partial charge in [0.05, 0.1) is 0 Å². The van der Waals surface area contributed by atoms with Gasteiger partial charge in [0.1, 0.15) is 0 Å². The molecular formula is C14H30N4O2S. The van der Waals surface area contributed by atoms with Gasteiger partial charge in [-0.1, -0.05) is 13.8 Å². The molecule has 124 valence electrons. The highest BCUT2D eigenvalue weighted by Crippen LogP contribution is 2.28. The Morgan fingerprint density at radius 3 is 2.33 bits per heavy atom. The van der Waals surface area contributed by atoms with Gasteiger partial charge in [-0.3, -0.25) is 4.90 Å². The standard InChI is InChI=1S/C14H30N4O2S/c1-13(2)15-7-4-8-16(3)21(19,20)18-11-9-17(10-12-18)14-5-6-14/h13-15H,4-12H2,1-3H3. The quantitative estimate of drug-likeness (QED) is 0.656. The molecule has 0 spiro atoms. The summed E-state index contributed by atoms with van der Waals surface area (Å²) in [6.07, 6.45) is 3.42. The van der Waals surface area contributed by atoms with E-state index in [-0.39, 0.29) is 0 Å². The monoisotopic (exact) mass is 318 g/mol. The highest BCUT2D eigenvalue weighted by Gasteiger charge is 2.35. The molecule has 0 aromatic carbocycles. The van der Waals surface area contributed by atoms with Crippen molar-refractivity contribution in [1.82, 2.24) is 18.8 Å². The third-order valence-corrected chi connectivity index (χ3v) is 6.25. The summed E-state index contributed by atoms with van der Waals surface area (Å²) in [6, 6.07) is 1.18. The van der Waals surface area contributed by atoms with E-state index >= 15 is 0 Å². The van der Waals surface area contributed by atoms with Crippen molar-refractivity contribution in [1.29, 1.82) is 0 Å². The lowest BCUT2D eigenvalue weighted by molar-refractivity contribution is 0.175. The van der Waals surface area contributed by atoms with Crippen LogP contribution >= 0.6 is 0 Å². The minimum atomic E-state index is -3.28. The Labute approximate surface area is 129 Å².